The average molecular weight is 256 g/mol. The third kappa shape index (κ3) is 3.63. The van der Waals surface area contributed by atoms with Crippen LogP contribution in [0.4, 0.5) is 0 Å². The molecule has 0 aliphatic heterocycles. The van der Waals surface area contributed by atoms with Crippen LogP contribution in [0.3, 0.4) is 0 Å². The highest BCUT2D eigenvalue weighted by molar-refractivity contribution is 6.21. The molecule has 0 spiro atoms. The van der Waals surface area contributed by atoms with Crippen molar-refractivity contribution in [1.82, 2.24) is 5.32 Å². The summed E-state index contributed by atoms with van der Waals surface area (Å²) < 4.78 is 5.04. The second kappa shape index (κ2) is 5.41. The summed E-state index contributed by atoms with van der Waals surface area (Å²) in [6, 6.07) is 6.96. The minimum Gasteiger partial charge on any atom is -0.497 e. The Morgan fingerprint density at radius 3 is 2.29 bits per heavy atom. The molecule has 1 unspecified atom stereocenters. The minimum absolute atomic E-state index is 0.134. The lowest BCUT2D eigenvalue weighted by Crippen LogP contribution is -2.49. The molecule has 1 aromatic rings. The van der Waals surface area contributed by atoms with Gasteiger partial charge >= 0.3 is 0 Å². The second-order valence-electron chi connectivity index (χ2n) is 4.52. The van der Waals surface area contributed by atoms with Crippen LogP contribution in [0.2, 0.25) is 0 Å². The molecule has 1 N–H and O–H groups in total. The number of halogens is 1. The highest BCUT2D eigenvalue weighted by Gasteiger charge is 2.26. The van der Waals surface area contributed by atoms with E-state index in [1.807, 2.05) is 20.8 Å². The Balaban J connectivity index is 2.76. The first-order valence-corrected chi connectivity index (χ1v) is 5.91. The first-order valence-electron chi connectivity index (χ1n) is 5.47. The quantitative estimate of drug-likeness (QED) is 0.841. The van der Waals surface area contributed by atoms with Crippen LogP contribution in [-0.2, 0) is 0 Å². The zero-order valence-electron chi connectivity index (χ0n) is 10.6. The highest BCUT2D eigenvalue weighted by atomic mass is 35.5. The van der Waals surface area contributed by atoms with E-state index >= 15 is 0 Å². The lowest BCUT2D eigenvalue weighted by Gasteiger charge is -2.28. The fourth-order valence-corrected chi connectivity index (χ4v) is 1.26. The van der Waals surface area contributed by atoms with Crippen LogP contribution in [-0.4, -0.2) is 23.9 Å². The normalized spacial score (nSPS) is 13.0. The van der Waals surface area contributed by atoms with Gasteiger partial charge in [0.2, 0.25) is 0 Å². The average Bonchev–Trinajstić information content (AvgIpc) is 2.28. The Morgan fingerprint density at radius 2 is 1.88 bits per heavy atom. The Kier molecular flexibility index (Phi) is 4.40. The smallest absolute Gasteiger partial charge is 0.251 e. The van der Waals surface area contributed by atoms with E-state index in [0.717, 1.165) is 5.75 Å². The maximum absolute atomic E-state index is 12.0. The fraction of sp³-hybridized carbons (Fsp3) is 0.462. The number of hydrogen-bond acceptors (Lipinski definition) is 2. The molecule has 1 atom stereocenters. The van der Waals surface area contributed by atoms with E-state index in [4.69, 9.17) is 16.3 Å². The number of benzene rings is 1. The van der Waals surface area contributed by atoms with E-state index in [1.54, 1.807) is 31.4 Å². The molecule has 3 nitrogen and oxygen atoms in total. The number of hydrogen-bond donors (Lipinski definition) is 1. The summed E-state index contributed by atoms with van der Waals surface area (Å²) in [4.78, 5) is 12.0. The van der Waals surface area contributed by atoms with Gasteiger partial charge in [0.05, 0.1) is 18.0 Å². The molecule has 0 aliphatic rings. The van der Waals surface area contributed by atoms with Crippen molar-refractivity contribution in [2.24, 2.45) is 0 Å². The molecule has 1 rings (SSSR count). The summed E-state index contributed by atoms with van der Waals surface area (Å²) in [5.41, 5.74) is 0.148. The monoisotopic (exact) mass is 255 g/mol. The van der Waals surface area contributed by atoms with Gasteiger partial charge in [-0.1, -0.05) is 0 Å². The predicted octanol–water partition coefficient (Wildman–Crippen LogP) is 2.83. The second-order valence-corrected chi connectivity index (χ2v) is 5.17. The number of amides is 1. The fourth-order valence-electron chi connectivity index (χ4n) is 1.21. The Hall–Kier alpha value is -1.22. The number of alkyl halides is 1. The SMILES string of the molecule is COc1ccc(C(=O)NC(C)(C)C(C)Cl)cc1. The summed E-state index contributed by atoms with van der Waals surface area (Å²) in [5.74, 6) is 0.594. The lowest BCUT2D eigenvalue weighted by molar-refractivity contribution is 0.0912. The summed E-state index contributed by atoms with van der Waals surface area (Å²) in [6.07, 6.45) is 0. The molecule has 1 amide bonds. The summed E-state index contributed by atoms with van der Waals surface area (Å²) in [7, 11) is 1.59. The molecule has 0 bridgehead atoms. The maximum atomic E-state index is 12.0. The van der Waals surface area contributed by atoms with Gasteiger partial charge in [-0.25, -0.2) is 0 Å². The van der Waals surface area contributed by atoms with Gasteiger partial charge in [0.1, 0.15) is 5.75 Å². The zero-order valence-corrected chi connectivity index (χ0v) is 11.3. The van der Waals surface area contributed by atoms with Gasteiger partial charge in [-0.05, 0) is 45.0 Å². The van der Waals surface area contributed by atoms with Crippen molar-refractivity contribution < 1.29 is 9.53 Å². The van der Waals surface area contributed by atoms with Gasteiger partial charge in [0, 0.05) is 5.56 Å². The van der Waals surface area contributed by atoms with E-state index in [9.17, 15) is 4.79 Å². The third-order valence-electron chi connectivity index (χ3n) is 2.78. The molecular weight excluding hydrogens is 238 g/mol. The standard InChI is InChI=1S/C13H18ClNO2/c1-9(14)13(2,3)15-12(16)10-5-7-11(17-4)8-6-10/h5-9H,1-4H3,(H,15,16). The highest BCUT2D eigenvalue weighted by Crippen LogP contribution is 2.17. The molecule has 0 aromatic heterocycles. The minimum atomic E-state index is -0.446. The van der Waals surface area contributed by atoms with Crippen molar-refractivity contribution in [1.29, 1.82) is 0 Å². The lowest BCUT2D eigenvalue weighted by atomic mass is 10.0. The molecule has 0 saturated heterocycles. The molecular formula is C13H18ClNO2. The van der Waals surface area contributed by atoms with E-state index in [-0.39, 0.29) is 11.3 Å². The molecule has 17 heavy (non-hydrogen) atoms. The van der Waals surface area contributed by atoms with Gasteiger partial charge in [-0.3, -0.25) is 4.79 Å². The van der Waals surface area contributed by atoms with E-state index in [0.29, 0.717) is 5.56 Å². The third-order valence-corrected chi connectivity index (χ3v) is 3.33. The molecule has 1 aromatic carbocycles. The van der Waals surface area contributed by atoms with Crippen LogP contribution in [0, 0.1) is 0 Å². The van der Waals surface area contributed by atoms with E-state index < -0.39 is 5.54 Å². The Bertz CT molecular complexity index is 385. The van der Waals surface area contributed by atoms with Crippen LogP contribution < -0.4 is 10.1 Å². The van der Waals surface area contributed by atoms with Crippen molar-refractivity contribution in [3.05, 3.63) is 29.8 Å². The number of rotatable bonds is 4. The predicted molar refractivity (Wildman–Crippen MR) is 69.9 cm³/mol. The van der Waals surface area contributed by atoms with Crippen molar-refractivity contribution in [3.63, 3.8) is 0 Å². The first kappa shape index (κ1) is 13.8. The van der Waals surface area contributed by atoms with Crippen LogP contribution in [0.25, 0.3) is 0 Å². The zero-order chi connectivity index (χ0) is 13.1. The maximum Gasteiger partial charge on any atom is 0.251 e. The number of nitrogens with one attached hydrogen (secondary N) is 1. The Labute approximate surface area is 107 Å². The largest absolute Gasteiger partial charge is 0.497 e. The molecule has 0 saturated carbocycles. The summed E-state index contributed by atoms with van der Waals surface area (Å²) in [6.45, 7) is 5.65. The van der Waals surface area contributed by atoms with Crippen LogP contribution in [0.5, 0.6) is 5.75 Å². The van der Waals surface area contributed by atoms with E-state index in [1.165, 1.54) is 0 Å². The van der Waals surface area contributed by atoms with Gasteiger partial charge in [-0.15, -0.1) is 11.6 Å². The van der Waals surface area contributed by atoms with Crippen molar-refractivity contribution >= 4 is 17.5 Å². The van der Waals surface area contributed by atoms with Gasteiger partial charge in [0.25, 0.3) is 5.91 Å². The number of carbonyl (C=O) groups excluding carboxylic acids is 1. The van der Waals surface area contributed by atoms with Gasteiger partial charge < -0.3 is 10.1 Å². The van der Waals surface area contributed by atoms with E-state index in [2.05, 4.69) is 5.32 Å². The number of ether oxygens (including phenoxy) is 1. The van der Waals surface area contributed by atoms with Crippen LogP contribution in [0.1, 0.15) is 31.1 Å². The van der Waals surface area contributed by atoms with Crippen LogP contribution in [0.15, 0.2) is 24.3 Å². The summed E-state index contributed by atoms with van der Waals surface area (Å²) >= 11 is 6.01. The van der Waals surface area contributed by atoms with Gasteiger partial charge in [0.15, 0.2) is 0 Å². The van der Waals surface area contributed by atoms with Crippen molar-refractivity contribution in [3.8, 4) is 5.75 Å². The van der Waals surface area contributed by atoms with Crippen LogP contribution >= 0.6 is 11.6 Å². The molecule has 94 valence electrons. The molecule has 0 fully saturated rings. The Morgan fingerprint density at radius 1 is 1.35 bits per heavy atom. The molecule has 0 aliphatic carbocycles. The van der Waals surface area contributed by atoms with Crippen molar-refractivity contribution in [2.45, 2.75) is 31.7 Å². The molecule has 0 heterocycles. The molecule has 0 radical (unpaired) electrons. The summed E-state index contributed by atoms with van der Waals surface area (Å²) in [5, 5.41) is 2.75. The molecule has 4 heteroatoms. The first-order chi connectivity index (χ1) is 7.86. The number of methoxy groups -OCH3 is 1. The van der Waals surface area contributed by atoms with Crippen molar-refractivity contribution in [2.75, 3.05) is 7.11 Å². The van der Waals surface area contributed by atoms with Gasteiger partial charge in [-0.2, -0.15) is 0 Å². The topological polar surface area (TPSA) is 38.3 Å². The number of carbonyl (C=O) groups is 1.